The number of primary amides is 1. The molecule has 0 spiro atoms. The van der Waals surface area contributed by atoms with Crippen LogP contribution in [-0.2, 0) is 6.18 Å². The van der Waals surface area contributed by atoms with Gasteiger partial charge in [0.25, 0.3) is 0 Å². The number of nitrogens with zero attached hydrogens (tertiary/aromatic N) is 4. The van der Waals surface area contributed by atoms with Crippen LogP contribution in [0.1, 0.15) is 36.8 Å². The Balaban J connectivity index is 1.69. The quantitative estimate of drug-likeness (QED) is 0.734. The lowest BCUT2D eigenvalue weighted by atomic mass is 9.90. The summed E-state index contributed by atoms with van der Waals surface area (Å²) >= 11 is 0. The van der Waals surface area contributed by atoms with E-state index in [4.69, 9.17) is 5.73 Å². The Labute approximate surface area is 179 Å². The van der Waals surface area contributed by atoms with Gasteiger partial charge in [0, 0.05) is 43.6 Å². The van der Waals surface area contributed by atoms with E-state index in [0.717, 1.165) is 23.5 Å². The van der Waals surface area contributed by atoms with Crippen molar-refractivity contribution in [2.24, 2.45) is 5.73 Å². The Morgan fingerprint density at radius 1 is 1.19 bits per heavy atom. The SMILES string of the molecule is Cc1cnc(N[C@H]2CC[C@@H](N(C(N)=O)c3cccc(C(F)(F)F)c3)CC2)nc1N(C)C. The van der Waals surface area contributed by atoms with Crippen LogP contribution in [0.25, 0.3) is 0 Å². The molecule has 0 bridgehead atoms. The van der Waals surface area contributed by atoms with E-state index in [0.29, 0.717) is 31.6 Å². The van der Waals surface area contributed by atoms with Crippen LogP contribution in [0.3, 0.4) is 0 Å². The maximum Gasteiger partial charge on any atom is 0.416 e. The van der Waals surface area contributed by atoms with Gasteiger partial charge in [0.2, 0.25) is 5.95 Å². The summed E-state index contributed by atoms with van der Waals surface area (Å²) in [5.41, 5.74) is 5.87. The van der Waals surface area contributed by atoms with Gasteiger partial charge in [-0.2, -0.15) is 18.2 Å². The number of nitrogens with one attached hydrogen (secondary N) is 1. The van der Waals surface area contributed by atoms with Crippen LogP contribution in [0, 0.1) is 6.92 Å². The first kappa shape index (κ1) is 22.6. The Hall–Kier alpha value is -3.04. The third-order valence-corrected chi connectivity index (χ3v) is 5.45. The molecule has 1 fully saturated rings. The van der Waals surface area contributed by atoms with Crippen molar-refractivity contribution in [3.63, 3.8) is 0 Å². The third-order valence-electron chi connectivity index (χ3n) is 5.45. The van der Waals surface area contributed by atoms with Crippen LogP contribution in [0.15, 0.2) is 30.5 Å². The molecular formula is C21H27F3N6O. The van der Waals surface area contributed by atoms with Crippen LogP contribution in [0.2, 0.25) is 0 Å². The lowest BCUT2D eigenvalue weighted by Crippen LogP contribution is -2.47. The zero-order valence-electron chi connectivity index (χ0n) is 17.8. The lowest BCUT2D eigenvalue weighted by Gasteiger charge is -2.36. The van der Waals surface area contributed by atoms with E-state index < -0.39 is 17.8 Å². The molecule has 0 unspecified atom stereocenters. The first-order valence-corrected chi connectivity index (χ1v) is 10.1. The van der Waals surface area contributed by atoms with E-state index in [1.54, 1.807) is 6.20 Å². The number of nitrogens with two attached hydrogens (primary N) is 1. The second kappa shape index (κ2) is 8.99. The van der Waals surface area contributed by atoms with Crippen molar-refractivity contribution in [1.29, 1.82) is 0 Å². The summed E-state index contributed by atoms with van der Waals surface area (Å²) in [5.74, 6) is 1.36. The highest BCUT2D eigenvalue weighted by molar-refractivity contribution is 5.91. The van der Waals surface area contributed by atoms with Crippen molar-refractivity contribution >= 4 is 23.5 Å². The molecule has 1 aromatic heterocycles. The number of aryl methyl sites for hydroxylation is 1. The summed E-state index contributed by atoms with van der Waals surface area (Å²) in [6.45, 7) is 1.94. The number of anilines is 3. The molecule has 1 heterocycles. The van der Waals surface area contributed by atoms with Gasteiger partial charge in [-0.1, -0.05) is 6.07 Å². The third kappa shape index (κ3) is 5.36. The van der Waals surface area contributed by atoms with Crippen molar-refractivity contribution in [1.82, 2.24) is 9.97 Å². The fourth-order valence-electron chi connectivity index (χ4n) is 3.97. The molecule has 2 aromatic rings. The molecular weight excluding hydrogens is 409 g/mol. The highest BCUT2D eigenvalue weighted by atomic mass is 19.4. The van der Waals surface area contributed by atoms with Crippen LogP contribution >= 0.6 is 0 Å². The normalized spacial score (nSPS) is 19.0. The average molecular weight is 436 g/mol. The number of carbonyl (C=O) groups excluding carboxylic acids is 1. The predicted molar refractivity (Wildman–Crippen MR) is 114 cm³/mol. The topological polar surface area (TPSA) is 87.4 Å². The molecule has 31 heavy (non-hydrogen) atoms. The van der Waals surface area contributed by atoms with Gasteiger partial charge >= 0.3 is 12.2 Å². The first-order valence-electron chi connectivity index (χ1n) is 10.1. The van der Waals surface area contributed by atoms with Gasteiger partial charge in [-0.25, -0.2) is 9.78 Å². The van der Waals surface area contributed by atoms with Gasteiger partial charge in [0.15, 0.2) is 0 Å². The Kier molecular flexibility index (Phi) is 6.56. The summed E-state index contributed by atoms with van der Waals surface area (Å²) < 4.78 is 39.2. The average Bonchev–Trinajstić information content (AvgIpc) is 2.70. The number of rotatable bonds is 5. The summed E-state index contributed by atoms with van der Waals surface area (Å²) in [4.78, 5) is 24.2. The number of carbonyl (C=O) groups is 1. The van der Waals surface area contributed by atoms with Crippen LogP contribution in [0.5, 0.6) is 0 Å². The molecule has 1 aliphatic carbocycles. The molecule has 1 aliphatic rings. The molecule has 10 heteroatoms. The van der Waals surface area contributed by atoms with Crippen molar-refractivity contribution < 1.29 is 18.0 Å². The summed E-state index contributed by atoms with van der Waals surface area (Å²) in [7, 11) is 3.83. The second-order valence-electron chi connectivity index (χ2n) is 8.00. The summed E-state index contributed by atoms with van der Waals surface area (Å²) in [5, 5.41) is 3.33. The number of amides is 2. The van der Waals surface area contributed by atoms with Crippen LogP contribution in [-0.4, -0.2) is 42.2 Å². The zero-order valence-corrected chi connectivity index (χ0v) is 17.8. The van der Waals surface area contributed by atoms with Crippen LogP contribution < -0.4 is 20.9 Å². The number of halogens is 3. The minimum atomic E-state index is -4.49. The predicted octanol–water partition coefficient (Wildman–Crippen LogP) is 4.18. The van der Waals surface area contributed by atoms with E-state index in [2.05, 4.69) is 15.3 Å². The molecule has 7 nitrogen and oxygen atoms in total. The fraction of sp³-hybridized carbons (Fsp3) is 0.476. The minimum absolute atomic E-state index is 0.102. The maximum absolute atomic E-state index is 13.1. The van der Waals surface area contributed by atoms with Crippen molar-refractivity contribution in [2.45, 2.75) is 50.9 Å². The summed E-state index contributed by atoms with van der Waals surface area (Å²) in [6.07, 6.45) is -0.102. The molecule has 3 rings (SSSR count). The van der Waals surface area contributed by atoms with E-state index in [1.807, 2.05) is 25.9 Å². The number of aromatic nitrogens is 2. The fourth-order valence-corrected chi connectivity index (χ4v) is 3.97. The van der Waals surface area contributed by atoms with Gasteiger partial charge < -0.3 is 16.0 Å². The largest absolute Gasteiger partial charge is 0.416 e. The Morgan fingerprint density at radius 2 is 1.87 bits per heavy atom. The molecule has 1 aromatic carbocycles. The van der Waals surface area contributed by atoms with Crippen LogP contribution in [0.4, 0.5) is 35.4 Å². The Bertz CT molecular complexity index is 926. The van der Waals surface area contributed by atoms with E-state index >= 15 is 0 Å². The minimum Gasteiger partial charge on any atom is -0.362 e. The first-order chi connectivity index (χ1) is 14.6. The van der Waals surface area contributed by atoms with Crippen molar-refractivity contribution in [3.8, 4) is 0 Å². The van der Waals surface area contributed by atoms with E-state index in [-0.39, 0.29) is 17.8 Å². The molecule has 168 valence electrons. The second-order valence-corrected chi connectivity index (χ2v) is 8.00. The number of hydrogen-bond acceptors (Lipinski definition) is 5. The van der Waals surface area contributed by atoms with E-state index in [1.165, 1.54) is 17.0 Å². The standard InChI is InChI=1S/C21H27F3N6O/c1-13-12-26-20(28-18(13)29(2)3)27-15-7-9-16(10-8-15)30(19(25)31)17-6-4-5-14(11-17)21(22,23)24/h4-6,11-12,15-16H,7-10H2,1-3H3,(H2,25,31)(H,26,27,28)/t15-,16+. The molecule has 0 atom stereocenters. The number of urea groups is 1. The van der Waals surface area contributed by atoms with Crippen molar-refractivity contribution in [2.75, 3.05) is 29.2 Å². The van der Waals surface area contributed by atoms with Gasteiger partial charge in [-0.15, -0.1) is 0 Å². The maximum atomic E-state index is 13.1. The number of hydrogen-bond donors (Lipinski definition) is 2. The number of alkyl halides is 3. The Morgan fingerprint density at radius 3 is 2.45 bits per heavy atom. The molecule has 1 saturated carbocycles. The molecule has 0 saturated heterocycles. The smallest absolute Gasteiger partial charge is 0.362 e. The van der Waals surface area contributed by atoms with Gasteiger partial charge in [-0.3, -0.25) is 4.90 Å². The van der Waals surface area contributed by atoms with Gasteiger partial charge in [-0.05, 0) is 50.8 Å². The lowest BCUT2D eigenvalue weighted by molar-refractivity contribution is -0.137. The number of benzene rings is 1. The monoisotopic (exact) mass is 436 g/mol. The molecule has 0 aliphatic heterocycles. The zero-order chi connectivity index (χ0) is 22.8. The highest BCUT2D eigenvalue weighted by Gasteiger charge is 2.33. The highest BCUT2D eigenvalue weighted by Crippen LogP contribution is 2.34. The van der Waals surface area contributed by atoms with E-state index in [9.17, 15) is 18.0 Å². The molecule has 0 radical (unpaired) electrons. The molecule has 2 amide bonds. The van der Waals surface area contributed by atoms with Gasteiger partial charge in [0.05, 0.1) is 5.56 Å². The van der Waals surface area contributed by atoms with Crippen molar-refractivity contribution in [3.05, 3.63) is 41.6 Å². The van der Waals surface area contributed by atoms with Gasteiger partial charge in [0.1, 0.15) is 5.82 Å². The molecule has 3 N–H and O–H groups in total. The summed E-state index contributed by atoms with van der Waals surface area (Å²) in [6, 6.07) is 3.80.